The molecule has 0 fully saturated rings. The van der Waals surface area contributed by atoms with Crippen molar-refractivity contribution in [2.24, 2.45) is 5.73 Å². The van der Waals surface area contributed by atoms with Crippen LogP contribution < -0.4 is 11.1 Å². The molecule has 18 heavy (non-hydrogen) atoms. The first-order chi connectivity index (χ1) is 8.56. The van der Waals surface area contributed by atoms with Crippen molar-refractivity contribution in [3.05, 3.63) is 48.6 Å². The van der Waals surface area contributed by atoms with Gasteiger partial charge >= 0.3 is 0 Å². The van der Waals surface area contributed by atoms with E-state index in [1.165, 1.54) is 6.08 Å². The Morgan fingerprint density at radius 2 is 2.00 bits per heavy atom. The molecule has 1 rings (SSSR count). The molecule has 0 unspecified atom stereocenters. The van der Waals surface area contributed by atoms with Crippen molar-refractivity contribution in [2.45, 2.75) is 18.6 Å². The molecule has 4 N–H and O–H groups in total. The van der Waals surface area contributed by atoms with E-state index < -0.39 is 24.0 Å². The van der Waals surface area contributed by atoms with Gasteiger partial charge in [0.05, 0.1) is 0 Å². The van der Waals surface area contributed by atoms with E-state index in [1.54, 1.807) is 30.3 Å². The summed E-state index contributed by atoms with van der Waals surface area (Å²) in [5, 5.41) is 12.2. The first-order valence-corrected chi connectivity index (χ1v) is 5.50. The molecule has 5 heteroatoms. The highest BCUT2D eigenvalue weighted by Crippen LogP contribution is 2.12. The van der Waals surface area contributed by atoms with E-state index in [1.807, 2.05) is 0 Å². The summed E-state index contributed by atoms with van der Waals surface area (Å²) in [5.74, 6) is -1.32. The van der Waals surface area contributed by atoms with Gasteiger partial charge in [0.2, 0.25) is 5.91 Å². The van der Waals surface area contributed by atoms with Gasteiger partial charge in [-0.25, -0.2) is 0 Å². The van der Waals surface area contributed by atoms with Crippen LogP contribution >= 0.6 is 0 Å². The van der Waals surface area contributed by atoms with Gasteiger partial charge in [-0.15, -0.1) is 6.58 Å². The average Bonchev–Trinajstić information content (AvgIpc) is 2.38. The van der Waals surface area contributed by atoms with Gasteiger partial charge in [-0.3, -0.25) is 9.59 Å². The fraction of sp³-hybridized carbons (Fsp3) is 0.231. The number of aliphatic hydroxyl groups excluding tert-OH is 1. The van der Waals surface area contributed by atoms with Crippen LogP contribution in [0.5, 0.6) is 0 Å². The van der Waals surface area contributed by atoms with Crippen molar-refractivity contribution in [1.82, 2.24) is 5.32 Å². The van der Waals surface area contributed by atoms with Crippen LogP contribution in [0.2, 0.25) is 0 Å². The number of carbonyl (C=O) groups excluding carboxylic acids is 2. The van der Waals surface area contributed by atoms with Crippen LogP contribution in [-0.2, 0) is 9.59 Å². The van der Waals surface area contributed by atoms with Crippen molar-refractivity contribution in [3.63, 3.8) is 0 Å². The molecule has 1 aromatic carbocycles. The first-order valence-electron chi connectivity index (χ1n) is 5.50. The number of carbonyl (C=O) groups is 2. The normalized spacial score (nSPS) is 13.4. The lowest BCUT2D eigenvalue weighted by molar-refractivity contribution is -0.133. The van der Waals surface area contributed by atoms with E-state index in [2.05, 4.69) is 11.9 Å². The molecular formula is C13H16N2O3. The van der Waals surface area contributed by atoms with Gasteiger partial charge in [-0.05, 0) is 12.0 Å². The van der Waals surface area contributed by atoms with Gasteiger partial charge in [0.15, 0.2) is 6.10 Å². The number of hydrogen-bond donors (Lipinski definition) is 3. The van der Waals surface area contributed by atoms with Crippen molar-refractivity contribution >= 4 is 11.8 Å². The Kier molecular flexibility index (Phi) is 5.07. The SMILES string of the molecule is C=CC[C@@H](NC(=O)[C@@H](O)c1ccccc1)C(N)=O. The van der Waals surface area contributed by atoms with E-state index in [9.17, 15) is 14.7 Å². The highest BCUT2D eigenvalue weighted by molar-refractivity contribution is 5.89. The van der Waals surface area contributed by atoms with Gasteiger partial charge in [-0.1, -0.05) is 36.4 Å². The fourth-order valence-corrected chi connectivity index (χ4v) is 1.45. The lowest BCUT2D eigenvalue weighted by Gasteiger charge is -2.16. The Morgan fingerprint density at radius 1 is 1.39 bits per heavy atom. The molecule has 0 aliphatic carbocycles. The molecule has 0 aliphatic heterocycles. The molecule has 0 aliphatic rings. The summed E-state index contributed by atoms with van der Waals surface area (Å²) < 4.78 is 0. The molecule has 0 aromatic heterocycles. The lowest BCUT2D eigenvalue weighted by atomic mass is 10.1. The standard InChI is InChI=1S/C13H16N2O3/c1-2-6-10(12(14)17)15-13(18)11(16)9-7-4-3-5-8-9/h2-5,7-8,10-11,16H,1,6H2,(H2,14,17)(H,15,18)/t10-,11+/m1/s1. The van der Waals surface area contributed by atoms with Crippen LogP contribution in [0.3, 0.4) is 0 Å². The number of aliphatic hydroxyl groups is 1. The van der Waals surface area contributed by atoms with E-state index in [0.717, 1.165) is 0 Å². The molecule has 96 valence electrons. The van der Waals surface area contributed by atoms with Crippen LogP contribution in [0.4, 0.5) is 0 Å². The molecule has 0 spiro atoms. The summed E-state index contributed by atoms with van der Waals surface area (Å²) in [4.78, 5) is 22.8. The molecule has 0 saturated carbocycles. The third-order valence-corrected chi connectivity index (χ3v) is 2.43. The molecular weight excluding hydrogens is 232 g/mol. The second kappa shape index (κ2) is 6.56. The monoisotopic (exact) mass is 248 g/mol. The van der Waals surface area contributed by atoms with E-state index in [4.69, 9.17) is 5.73 Å². The fourth-order valence-electron chi connectivity index (χ4n) is 1.45. The zero-order valence-corrected chi connectivity index (χ0v) is 9.87. The highest BCUT2D eigenvalue weighted by Gasteiger charge is 2.22. The van der Waals surface area contributed by atoms with Crippen molar-refractivity contribution in [2.75, 3.05) is 0 Å². The van der Waals surface area contributed by atoms with Crippen LogP contribution in [0.25, 0.3) is 0 Å². The number of rotatable bonds is 6. The van der Waals surface area contributed by atoms with Crippen LogP contribution in [-0.4, -0.2) is 23.0 Å². The van der Waals surface area contributed by atoms with Crippen molar-refractivity contribution in [1.29, 1.82) is 0 Å². The van der Waals surface area contributed by atoms with E-state index in [0.29, 0.717) is 5.56 Å². The van der Waals surface area contributed by atoms with E-state index in [-0.39, 0.29) is 6.42 Å². The zero-order chi connectivity index (χ0) is 13.5. The summed E-state index contributed by atoms with van der Waals surface area (Å²) in [6, 6.07) is 7.59. The lowest BCUT2D eigenvalue weighted by Crippen LogP contribution is -2.45. The Bertz CT molecular complexity index is 431. The van der Waals surface area contributed by atoms with Crippen molar-refractivity contribution in [3.8, 4) is 0 Å². The first kappa shape index (κ1) is 13.9. The average molecular weight is 248 g/mol. The molecule has 2 amide bonds. The van der Waals surface area contributed by atoms with Gasteiger partial charge in [0, 0.05) is 0 Å². The minimum atomic E-state index is -1.32. The number of primary amides is 1. The van der Waals surface area contributed by atoms with Gasteiger partial charge in [-0.2, -0.15) is 0 Å². The Hall–Kier alpha value is -2.14. The number of amides is 2. The number of benzene rings is 1. The third kappa shape index (κ3) is 3.71. The molecule has 1 aromatic rings. The number of hydrogen-bond acceptors (Lipinski definition) is 3. The van der Waals surface area contributed by atoms with E-state index >= 15 is 0 Å². The topological polar surface area (TPSA) is 92.4 Å². The summed E-state index contributed by atoms with van der Waals surface area (Å²) >= 11 is 0. The smallest absolute Gasteiger partial charge is 0.254 e. The second-order valence-electron chi connectivity index (χ2n) is 3.80. The van der Waals surface area contributed by atoms with Crippen LogP contribution in [0.1, 0.15) is 18.1 Å². The maximum atomic E-state index is 11.7. The summed E-state index contributed by atoms with van der Waals surface area (Å²) in [7, 11) is 0. The molecule has 2 atom stereocenters. The molecule has 0 saturated heterocycles. The minimum Gasteiger partial charge on any atom is -0.378 e. The Labute approximate surface area is 105 Å². The molecule has 0 bridgehead atoms. The second-order valence-corrected chi connectivity index (χ2v) is 3.80. The summed E-state index contributed by atoms with van der Waals surface area (Å²) in [6.07, 6.45) is 0.380. The van der Waals surface area contributed by atoms with Gasteiger partial charge in [0.1, 0.15) is 6.04 Å². The maximum absolute atomic E-state index is 11.7. The summed E-state index contributed by atoms with van der Waals surface area (Å²) in [5.41, 5.74) is 5.58. The third-order valence-electron chi connectivity index (χ3n) is 2.43. The number of nitrogens with two attached hydrogens (primary N) is 1. The van der Waals surface area contributed by atoms with Gasteiger partial charge < -0.3 is 16.2 Å². The predicted octanol–water partition coefficient (Wildman–Crippen LogP) is 0.266. The largest absolute Gasteiger partial charge is 0.378 e. The quantitative estimate of drug-likeness (QED) is 0.631. The van der Waals surface area contributed by atoms with Crippen LogP contribution in [0.15, 0.2) is 43.0 Å². The van der Waals surface area contributed by atoms with Gasteiger partial charge in [0.25, 0.3) is 5.91 Å². The summed E-state index contributed by atoms with van der Waals surface area (Å²) in [6.45, 7) is 3.47. The number of nitrogens with one attached hydrogen (secondary N) is 1. The molecule has 0 radical (unpaired) electrons. The maximum Gasteiger partial charge on any atom is 0.254 e. The molecule has 0 heterocycles. The molecule has 5 nitrogen and oxygen atoms in total. The predicted molar refractivity (Wildman–Crippen MR) is 67.3 cm³/mol. The Morgan fingerprint density at radius 3 is 2.50 bits per heavy atom. The minimum absolute atomic E-state index is 0.225. The van der Waals surface area contributed by atoms with Crippen LogP contribution in [0, 0.1) is 0 Å². The van der Waals surface area contributed by atoms with Crippen molar-refractivity contribution < 1.29 is 14.7 Å². The zero-order valence-electron chi connectivity index (χ0n) is 9.87. The highest BCUT2D eigenvalue weighted by atomic mass is 16.3. The Balaban J connectivity index is 2.70.